The molecule has 2 radical (unpaired) electrons. The molecule has 0 aromatic rings. The topological polar surface area (TPSA) is 18.5 Å². The third kappa shape index (κ3) is 6.56. The molecule has 0 bridgehead atoms. The Labute approximate surface area is 234 Å². The van der Waals surface area contributed by atoms with Crippen LogP contribution in [-0.4, -0.2) is 40.9 Å². The Morgan fingerprint density at radius 3 is 1.47 bits per heavy atom. The second-order valence-electron chi connectivity index (χ2n) is 14.1. The first-order valence-electron chi connectivity index (χ1n) is 13.8. The smallest absolute Gasteiger partial charge is 0.177 e. The first kappa shape index (κ1) is 31.7. The summed E-state index contributed by atoms with van der Waals surface area (Å²) in [4.78, 5) is 0. The van der Waals surface area contributed by atoms with E-state index in [0.717, 1.165) is 13.2 Å². The quantitative estimate of drug-likeness (QED) is 0.319. The van der Waals surface area contributed by atoms with E-state index in [1.165, 1.54) is 38.1 Å². The third-order valence-electron chi connectivity index (χ3n) is 10.5. The van der Waals surface area contributed by atoms with Crippen LogP contribution in [0, 0.1) is 28.1 Å². The van der Waals surface area contributed by atoms with Crippen molar-refractivity contribution in [2.75, 3.05) is 27.4 Å². The van der Waals surface area contributed by atoms with Gasteiger partial charge in [-0.15, -0.1) is 0 Å². The average Bonchev–Trinajstić information content (AvgIpc) is 3.43. The van der Waals surface area contributed by atoms with Crippen molar-refractivity contribution >= 4 is 13.4 Å². The zero-order valence-electron chi connectivity index (χ0n) is 24.8. The van der Waals surface area contributed by atoms with Crippen LogP contribution < -0.4 is 0 Å². The van der Waals surface area contributed by atoms with Crippen LogP contribution in [0.4, 0.5) is 0 Å². The van der Waals surface area contributed by atoms with Gasteiger partial charge >= 0.3 is 0 Å². The average molecular weight is 536 g/mol. The van der Waals surface area contributed by atoms with Gasteiger partial charge in [0.15, 0.2) is 13.4 Å². The van der Waals surface area contributed by atoms with Crippen molar-refractivity contribution in [1.29, 1.82) is 0 Å². The number of allylic oxidation sites excluding steroid dienone is 5. The number of ether oxygens (including phenoxy) is 2. The number of hydrogen-bond acceptors (Lipinski definition) is 2. The summed E-state index contributed by atoms with van der Waals surface area (Å²) < 4.78 is 11.6. The van der Waals surface area contributed by atoms with E-state index in [4.69, 9.17) is 9.47 Å². The predicted octanol–water partition coefficient (Wildman–Crippen LogP) is 8.18. The van der Waals surface area contributed by atoms with E-state index >= 15 is 0 Å². The molecule has 0 amide bonds. The zero-order valence-corrected chi connectivity index (χ0v) is 25.9. The van der Waals surface area contributed by atoms with Crippen LogP contribution in [0.5, 0.6) is 0 Å². The maximum atomic E-state index is 5.86. The van der Waals surface area contributed by atoms with E-state index < -0.39 is 0 Å². The van der Waals surface area contributed by atoms with Gasteiger partial charge in [-0.1, -0.05) is 116 Å². The molecule has 2 saturated heterocycles. The van der Waals surface area contributed by atoms with Crippen molar-refractivity contribution < 1.29 is 26.3 Å². The normalized spacial score (nSPS) is 25.3. The SMILES string of the molecule is COCC1=C(B2CC(C)(C)C(C)(C)C2)C(COC)=C(B2CC(C)(C)C(C)(C)C2)CC1.[CH]1C=CC=C1.[Co]. The summed E-state index contributed by atoms with van der Waals surface area (Å²) in [6.45, 7) is 22.6. The Bertz CT molecular complexity index is 850. The second kappa shape index (κ2) is 12.1. The Morgan fingerprint density at radius 1 is 0.639 bits per heavy atom. The Balaban J connectivity index is 0.000000678. The molecule has 4 aliphatic rings. The van der Waals surface area contributed by atoms with Crippen molar-refractivity contribution in [1.82, 2.24) is 0 Å². The molecule has 0 aromatic heterocycles. The van der Waals surface area contributed by atoms with Crippen LogP contribution in [0.2, 0.25) is 25.3 Å². The fourth-order valence-corrected chi connectivity index (χ4v) is 7.07. The number of rotatable bonds is 6. The Kier molecular flexibility index (Phi) is 10.7. The predicted molar refractivity (Wildman–Crippen MR) is 155 cm³/mol. The summed E-state index contributed by atoms with van der Waals surface area (Å²) in [7, 11) is 3.72. The minimum Gasteiger partial charge on any atom is -0.380 e. The molecule has 36 heavy (non-hydrogen) atoms. The van der Waals surface area contributed by atoms with E-state index in [0.29, 0.717) is 35.1 Å². The van der Waals surface area contributed by atoms with Gasteiger partial charge in [-0.25, -0.2) is 0 Å². The van der Waals surface area contributed by atoms with Gasteiger partial charge in [-0.05, 0) is 45.6 Å². The van der Waals surface area contributed by atoms with Gasteiger partial charge in [0, 0.05) is 37.4 Å². The molecule has 2 aliphatic heterocycles. The molecule has 0 N–H and O–H groups in total. The Hall–Kier alpha value is -0.484. The van der Waals surface area contributed by atoms with Gasteiger partial charge in [0.1, 0.15) is 0 Å². The van der Waals surface area contributed by atoms with Gasteiger partial charge in [0.25, 0.3) is 0 Å². The van der Waals surface area contributed by atoms with Crippen LogP contribution in [0.1, 0.15) is 68.2 Å². The van der Waals surface area contributed by atoms with Crippen molar-refractivity contribution in [2.24, 2.45) is 21.7 Å². The van der Waals surface area contributed by atoms with Crippen LogP contribution in [-0.2, 0) is 26.3 Å². The molecule has 0 spiro atoms. The van der Waals surface area contributed by atoms with Crippen LogP contribution >= 0.6 is 0 Å². The molecule has 2 aliphatic carbocycles. The molecule has 4 rings (SSSR count). The molecular formula is C31H51B2CoO2. The summed E-state index contributed by atoms with van der Waals surface area (Å²) >= 11 is 0. The summed E-state index contributed by atoms with van der Waals surface area (Å²) in [5, 5.41) is 0. The first-order valence-corrected chi connectivity index (χ1v) is 13.8. The fraction of sp³-hybridized carbons (Fsp3) is 0.710. The van der Waals surface area contributed by atoms with Crippen molar-refractivity contribution in [3.8, 4) is 0 Å². The largest absolute Gasteiger partial charge is 0.380 e. The zero-order chi connectivity index (χ0) is 26.1. The van der Waals surface area contributed by atoms with Crippen LogP contribution in [0.25, 0.3) is 0 Å². The Morgan fingerprint density at radius 2 is 1.08 bits per heavy atom. The van der Waals surface area contributed by atoms with Crippen molar-refractivity contribution in [3.05, 3.63) is 52.8 Å². The van der Waals surface area contributed by atoms with E-state index in [1.54, 1.807) is 22.1 Å². The van der Waals surface area contributed by atoms with E-state index in [1.807, 2.05) is 44.9 Å². The van der Waals surface area contributed by atoms with E-state index in [2.05, 4.69) is 55.4 Å². The number of methoxy groups -OCH3 is 2. The number of hydrogen-bond donors (Lipinski definition) is 0. The van der Waals surface area contributed by atoms with Gasteiger partial charge < -0.3 is 9.47 Å². The molecule has 202 valence electrons. The molecule has 0 saturated carbocycles. The monoisotopic (exact) mass is 536 g/mol. The van der Waals surface area contributed by atoms with Gasteiger partial charge in [0.2, 0.25) is 0 Å². The molecule has 2 nitrogen and oxygen atoms in total. The molecule has 0 unspecified atom stereocenters. The van der Waals surface area contributed by atoms with Gasteiger partial charge in [0.05, 0.1) is 13.2 Å². The minimum absolute atomic E-state index is 0. The molecule has 5 heteroatoms. The minimum atomic E-state index is 0. The fourth-order valence-electron chi connectivity index (χ4n) is 7.07. The molecule has 2 heterocycles. The molecule has 2 fully saturated rings. The summed E-state index contributed by atoms with van der Waals surface area (Å²) in [5.41, 5.74) is 7.92. The summed E-state index contributed by atoms with van der Waals surface area (Å²) in [6, 6.07) is 0. The van der Waals surface area contributed by atoms with Gasteiger partial charge in [-0.2, -0.15) is 0 Å². The van der Waals surface area contributed by atoms with Gasteiger partial charge in [-0.3, -0.25) is 0 Å². The van der Waals surface area contributed by atoms with E-state index in [9.17, 15) is 0 Å². The molecule has 0 atom stereocenters. The molecular weight excluding hydrogens is 485 g/mol. The first-order chi connectivity index (χ1) is 16.3. The maximum Gasteiger partial charge on any atom is 0.177 e. The maximum absolute atomic E-state index is 5.86. The summed E-state index contributed by atoms with van der Waals surface area (Å²) in [6.07, 6.45) is 17.5. The van der Waals surface area contributed by atoms with Crippen molar-refractivity contribution in [2.45, 2.75) is 93.5 Å². The standard InChI is InChI=1S/C26H46B2O2.C5H5.Co/c1-23(2)15-27(16-24(23,3)4)21-12-11-19(13-29-9)22(20(21)14-30-10)28-17-25(5,6)26(7,8)18-28;1-2-4-5-3-1;/h11-18H2,1-10H3;1-5H;. The molecule has 0 aromatic carbocycles. The van der Waals surface area contributed by atoms with E-state index in [-0.39, 0.29) is 16.8 Å². The summed E-state index contributed by atoms with van der Waals surface area (Å²) in [5.74, 6) is 0. The van der Waals surface area contributed by atoms with Crippen molar-refractivity contribution in [3.63, 3.8) is 0 Å². The van der Waals surface area contributed by atoms with Crippen LogP contribution in [0.15, 0.2) is 46.4 Å². The van der Waals surface area contributed by atoms with Crippen LogP contribution in [0.3, 0.4) is 0 Å². The third-order valence-corrected chi connectivity index (χ3v) is 10.5. The second-order valence-corrected chi connectivity index (χ2v) is 14.1.